The summed E-state index contributed by atoms with van der Waals surface area (Å²) in [5, 5.41) is 3.53. The Morgan fingerprint density at radius 3 is 2.79 bits per heavy atom. The lowest BCUT2D eigenvalue weighted by molar-refractivity contribution is 0.0941. The second-order valence-corrected chi connectivity index (χ2v) is 7.69. The van der Waals surface area contributed by atoms with Crippen molar-refractivity contribution >= 4 is 29.0 Å². The summed E-state index contributed by atoms with van der Waals surface area (Å²) >= 11 is 5.41. The summed E-state index contributed by atoms with van der Waals surface area (Å²) in [6.45, 7) is 4.88. The summed E-state index contributed by atoms with van der Waals surface area (Å²) in [5.41, 5.74) is 1.59. The fraction of sp³-hybridized carbons (Fsp3) is 0.318. The Balaban J connectivity index is 1.61. The summed E-state index contributed by atoms with van der Waals surface area (Å²) in [7, 11) is 0. The highest BCUT2D eigenvalue weighted by Crippen LogP contribution is 2.16. The van der Waals surface area contributed by atoms with Crippen molar-refractivity contribution in [3.05, 3.63) is 69.2 Å². The van der Waals surface area contributed by atoms with Crippen LogP contribution in [0.25, 0.3) is 16.6 Å². The molecule has 29 heavy (non-hydrogen) atoms. The lowest BCUT2D eigenvalue weighted by Gasteiger charge is -2.22. The van der Waals surface area contributed by atoms with Crippen molar-refractivity contribution in [1.82, 2.24) is 19.8 Å². The number of carbonyl (C=O) groups excluding carboxylic acids is 1. The molecule has 0 bridgehead atoms. The van der Waals surface area contributed by atoms with E-state index >= 15 is 0 Å². The molecule has 6 nitrogen and oxygen atoms in total. The lowest BCUT2D eigenvalue weighted by atomic mass is 10.1. The van der Waals surface area contributed by atoms with Crippen LogP contribution < -0.4 is 10.9 Å². The fourth-order valence-electron chi connectivity index (χ4n) is 4.03. The molecule has 0 spiro atoms. The third-order valence-corrected chi connectivity index (χ3v) is 5.86. The van der Waals surface area contributed by atoms with E-state index in [4.69, 9.17) is 12.2 Å². The summed E-state index contributed by atoms with van der Waals surface area (Å²) in [5.74, 6) is -0.138. The summed E-state index contributed by atoms with van der Waals surface area (Å²) in [6.07, 6.45) is 2.28. The zero-order valence-corrected chi connectivity index (χ0v) is 17.2. The summed E-state index contributed by atoms with van der Waals surface area (Å²) in [4.78, 5) is 31.1. The molecule has 1 atom stereocenters. The minimum atomic E-state index is -0.202. The molecule has 2 aromatic carbocycles. The van der Waals surface area contributed by atoms with Crippen LogP contribution in [0.15, 0.2) is 53.3 Å². The van der Waals surface area contributed by atoms with Crippen LogP contribution >= 0.6 is 12.2 Å². The van der Waals surface area contributed by atoms with Gasteiger partial charge in [-0.3, -0.25) is 19.1 Å². The monoisotopic (exact) mass is 408 g/mol. The van der Waals surface area contributed by atoms with Gasteiger partial charge in [0.25, 0.3) is 11.5 Å². The predicted molar refractivity (Wildman–Crippen MR) is 117 cm³/mol. The number of amides is 1. The fourth-order valence-corrected chi connectivity index (χ4v) is 4.32. The number of aromatic nitrogens is 2. The highest BCUT2D eigenvalue weighted by molar-refractivity contribution is 7.71. The first-order valence-electron chi connectivity index (χ1n) is 9.95. The van der Waals surface area contributed by atoms with Gasteiger partial charge in [0.05, 0.1) is 16.6 Å². The number of H-pyrrole nitrogens is 1. The van der Waals surface area contributed by atoms with Gasteiger partial charge >= 0.3 is 0 Å². The quantitative estimate of drug-likeness (QED) is 0.636. The second-order valence-electron chi connectivity index (χ2n) is 7.30. The van der Waals surface area contributed by atoms with Gasteiger partial charge in [-0.25, -0.2) is 0 Å². The third kappa shape index (κ3) is 3.88. The van der Waals surface area contributed by atoms with E-state index in [9.17, 15) is 9.59 Å². The largest absolute Gasteiger partial charge is 0.350 e. The maximum Gasteiger partial charge on any atom is 0.266 e. The molecule has 1 amide bonds. The van der Waals surface area contributed by atoms with Crippen molar-refractivity contribution in [1.29, 1.82) is 0 Å². The number of aromatic amines is 1. The molecule has 3 aromatic rings. The van der Waals surface area contributed by atoms with Crippen LogP contribution in [0.4, 0.5) is 0 Å². The molecule has 0 aliphatic carbocycles. The lowest BCUT2D eigenvalue weighted by Crippen LogP contribution is -2.40. The Kier molecular flexibility index (Phi) is 5.60. The number of hydrogen-bond acceptors (Lipinski definition) is 4. The van der Waals surface area contributed by atoms with Crippen molar-refractivity contribution in [2.24, 2.45) is 0 Å². The maximum absolute atomic E-state index is 13.0. The van der Waals surface area contributed by atoms with E-state index in [1.54, 1.807) is 18.2 Å². The average molecular weight is 409 g/mol. The predicted octanol–water partition coefficient (Wildman–Crippen LogP) is 3.26. The normalized spacial score (nSPS) is 16.9. The molecule has 2 N–H and O–H groups in total. The van der Waals surface area contributed by atoms with Gasteiger partial charge in [-0.1, -0.05) is 25.1 Å². The molecule has 2 heterocycles. The Morgan fingerprint density at radius 2 is 2.03 bits per heavy atom. The number of likely N-dealkylation sites (N-methyl/N-ethyl adjacent to an activating group) is 1. The number of nitrogens with zero attached hydrogens (tertiary/aromatic N) is 2. The Labute approximate surface area is 174 Å². The first kappa shape index (κ1) is 19.5. The molecule has 1 aliphatic heterocycles. The van der Waals surface area contributed by atoms with Gasteiger partial charge in [-0.15, -0.1) is 0 Å². The van der Waals surface area contributed by atoms with Gasteiger partial charge in [0, 0.05) is 18.2 Å². The van der Waals surface area contributed by atoms with Gasteiger partial charge in [0.2, 0.25) is 0 Å². The third-order valence-electron chi connectivity index (χ3n) is 5.58. The zero-order chi connectivity index (χ0) is 20.4. The minimum absolute atomic E-state index is 0.138. The topological polar surface area (TPSA) is 70.1 Å². The molecule has 1 aromatic heterocycles. The summed E-state index contributed by atoms with van der Waals surface area (Å²) < 4.78 is 1.77. The molecule has 7 heteroatoms. The van der Waals surface area contributed by atoms with E-state index in [0.29, 0.717) is 39.5 Å². The van der Waals surface area contributed by atoms with Crippen LogP contribution in [0.2, 0.25) is 0 Å². The number of carbonyl (C=O) groups is 1. The second kappa shape index (κ2) is 8.31. The summed E-state index contributed by atoms with van der Waals surface area (Å²) in [6, 6.07) is 14.7. The van der Waals surface area contributed by atoms with E-state index in [1.807, 2.05) is 30.3 Å². The highest BCUT2D eigenvalue weighted by Gasteiger charge is 2.23. The maximum atomic E-state index is 13.0. The van der Waals surface area contributed by atoms with E-state index in [0.717, 1.165) is 19.5 Å². The van der Waals surface area contributed by atoms with Gasteiger partial charge < -0.3 is 10.3 Å². The van der Waals surface area contributed by atoms with Crippen molar-refractivity contribution in [3.8, 4) is 5.69 Å². The minimum Gasteiger partial charge on any atom is -0.350 e. The molecule has 1 saturated heterocycles. The zero-order valence-electron chi connectivity index (χ0n) is 16.4. The SMILES string of the molecule is CCN1CCC[C@@H]1CNC(=O)c1ccc2c(=O)n(-c3ccccc3)c(=S)[nH]c2c1. The van der Waals surface area contributed by atoms with Gasteiger partial charge in [-0.2, -0.15) is 0 Å². The molecule has 0 unspecified atom stereocenters. The number of para-hydroxylation sites is 1. The Bertz CT molecular complexity index is 1150. The van der Waals surface area contributed by atoms with Crippen LogP contribution in [-0.2, 0) is 0 Å². The average Bonchev–Trinajstić information content (AvgIpc) is 3.20. The van der Waals surface area contributed by atoms with Crippen LogP contribution in [-0.4, -0.2) is 46.0 Å². The number of nitrogens with one attached hydrogen (secondary N) is 2. The number of rotatable bonds is 5. The van der Waals surface area contributed by atoms with Crippen molar-refractivity contribution in [2.75, 3.05) is 19.6 Å². The van der Waals surface area contributed by atoms with Crippen molar-refractivity contribution < 1.29 is 4.79 Å². The highest BCUT2D eigenvalue weighted by atomic mass is 32.1. The molecule has 0 radical (unpaired) electrons. The van der Waals surface area contributed by atoms with Crippen molar-refractivity contribution in [2.45, 2.75) is 25.8 Å². The molecule has 0 saturated carbocycles. The standard InChI is InChI=1S/C22H24N4O2S/c1-2-25-12-6-9-17(25)14-23-20(27)15-10-11-18-19(13-15)24-22(29)26(21(18)28)16-7-4-3-5-8-16/h3-5,7-8,10-11,13,17H,2,6,9,12,14H2,1H3,(H,23,27)(H,24,29)/t17-/m1/s1. The molecular formula is C22H24N4O2S. The van der Waals surface area contributed by atoms with Crippen LogP contribution in [0.5, 0.6) is 0 Å². The smallest absolute Gasteiger partial charge is 0.266 e. The Hall–Kier alpha value is -2.77. The van der Waals surface area contributed by atoms with E-state index in [2.05, 4.69) is 22.1 Å². The number of likely N-dealkylation sites (tertiary alicyclic amines) is 1. The number of fused-ring (bicyclic) bond motifs is 1. The van der Waals surface area contributed by atoms with Crippen molar-refractivity contribution in [3.63, 3.8) is 0 Å². The first-order valence-corrected chi connectivity index (χ1v) is 10.4. The van der Waals surface area contributed by atoms with Gasteiger partial charge in [0.15, 0.2) is 4.77 Å². The first-order chi connectivity index (χ1) is 14.1. The van der Waals surface area contributed by atoms with Crippen LogP contribution in [0.1, 0.15) is 30.1 Å². The molecule has 1 aliphatic rings. The van der Waals surface area contributed by atoms with Crippen LogP contribution in [0, 0.1) is 4.77 Å². The molecular weight excluding hydrogens is 384 g/mol. The van der Waals surface area contributed by atoms with Crippen LogP contribution in [0.3, 0.4) is 0 Å². The van der Waals surface area contributed by atoms with Gasteiger partial charge in [-0.05, 0) is 68.5 Å². The number of benzene rings is 2. The molecule has 150 valence electrons. The number of hydrogen-bond donors (Lipinski definition) is 2. The Morgan fingerprint density at radius 1 is 1.24 bits per heavy atom. The van der Waals surface area contributed by atoms with E-state index < -0.39 is 0 Å². The van der Waals surface area contributed by atoms with E-state index in [1.165, 1.54) is 11.0 Å². The van der Waals surface area contributed by atoms with Gasteiger partial charge in [0.1, 0.15) is 0 Å². The molecule has 4 rings (SSSR count). The molecule has 1 fully saturated rings. The van der Waals surface area contributed by atoms with E-state index in [-0.39, 0.29) is 11.5 Å².